The van der Waals surface area contributed by atoms with Gasteiger partial charge in [-0.05, 0) is 72.8 Å². The van der Waals surface area contributed by atoms with Crippen LogP contribution in [0.15, 0.2) is 73.4 Å². The van der Waals surface area contributed by atoms with E-state index in [1.807, 2.05) is 61.5 Å². The first-order valence-corrected chi connectivity index (χ1v) is 10.4. The quantitative estimate of drug-likeness (QED) is 0.482. The van der Waals surface area contributed by atoms with Crippen LogP contribution in [0.1, 0.15) is 11.3 Å². The molecule has 5 nitrogen and oxygen atoms in total. The van der Waals surface area contributed by atoms with Gasteiger partial charge in [0.25, 0.3) is 5.91 Å². The number of halogens is 1. The number of nitrogens with one attached hydrogen (secondary N) is 1. The second kappa shape index (κ2) is 8.31. The van der Waals surface area contributed by atoms with Crippen molar-refractivity contribution in [3.05, 3.63) is 75.3 Å². The third-order valence-electron chi connectivity index (χ3n) is 4.24. The molecule has 7 heteroatoms. The largest absolute Gasteiger partial charge is 0.497 e. The lowest BCUT2D eigenvalue weighted by Gasteiger charge is -2.02. The molecule has 3 aromatic rings. The molecule has 0 radical (unpaired) electrons. The fraction of sp³-hybridized carbons (Fsp3) is 0.0909. The van der Waals surface area contributed by atoms with Gasteiger partial charge < -0.3 is 14.5 Å². The van der Waals surface area contributed by atoms with E-state index >= 15 is 0 Å². The molecule has 0 aliphatic carbocycles. The number of hydrogen-bond donors (Lipinski definition) is 1. The van der Waals surface area contributed by atoms with Crippen molar-refractivity contribution < 1.29 is 13.9 Å². The molecule has 29 heavy (non-hydrogen) atoms. The van der Waals surface area contributed by atoms with Crippen LogP contribution < -0.4 is 10.1 Å². The predicted octanol–water partition coefficient (Wildman–Crippen LogP) is 5.92. The number of thioether (sulfide) groups is 1. The molecule has 1 aromatic heterocycles. The lowest BCUT2D eigenvalue weighted by Crippen LogP contribution is -2.19. The highest BCUT2D eigenvalue weighted by molar-refractivity contribution is 9.10. The Morgan fingerprint density at radius 3 is 2.66 bits per heavy atom. The Balaban J connectivity index is 1.53. The summed E-state index contributed by atoms with van der Waals surface area (Å²) in [5.41, 5.74) is 2.86. The molecule has 1 aliphatic heterocycles. The van der Waals surface area contributed by atoms with Crippen molar-refractivity contribution in [2.45, 2.75) is 6.92 Å². The van der Waals surface area contributed by atoms with Crippen LogP contribution in [-0.4, -0.2) is 18.2 Å². The minimum Gasteiger partial charge on any atom is -0.497 e. The zero-order valence-corrected chi connectivity index (χ0v) is 18.1. The smallest absolute Gasteiger partial charge is 0.264 e. The van der Waals surface area contributed by atoms with Crippen molar-refractivity contribution in [2.24, 2.45) is 4.99 Å². The molecule has 4 rings (SSSR count). The molecule has 0 bridgehead atoms. The van der Waals surface area contributed by atoms with Crippen LogP contribution >= 0.6 is 27.7 Å². The van der Waals surface area contributed by atoms with Crippen molar-refractivity contribution in [1.82, 2.24) is 5.32 Å². The van der Waals surface area contributed by atoms with Crippen molar-refractivity contribution in [1.29, 1.82) is 0 Å². The van der Waals surface area contributed by atoms with E-state index in [1.54, 1.807) is 13.2 Å². The van der Waals surface area contributed by atoms with Gasteiger partial charge in [0, 0.05) is 16.1 Å². The van der Waals surface area contributed by atoms with E-state index in [9.17, 15) is 4.79 Å². The van der Waals surface area contributed by atoms with Crippen LogP contribution in [0.3, 0.4) is 0 Å². The molecule has 0 saturated carbocycles. The Morgan fingerprint density at radius 2 is 1.93 bits per heavy atom. The van der Waals surface area contributed by atoms with E-state index in [-0.39, 0.29) is 5.91 Å². The highest BCUT2D eigenvalue weighted by atomic mass is 79.9. The van der Waals surface area contributed by atoms with E-state index in [4.69, 9.17) is 9.15 Å². The summed E-state index contributed by atoms with van der Waals surface area (Å²) in [6.07, 6.45) is 1.72. The monoisotopic (exact) mass is 468 g/mol. The minimum absolute atomic E-state index is 0.197. The summed E-state index contributed by atoms with van der Waals surface area (Å²) in [6, 6.07) is 17.1. The Kier molecular flexibility index (Phi) is 5.60. The molecular formula is C22H17BrN2O3S. The summed E-state index contributed by atoms with van der Waals surface area (Å²) in [5.74, 6) is 1.90. The summed E-state index contributed by atoms with van der Waals surface area (Å²) in [5, 5.41) is 3.31. The number of ether oxygens (including phenoxy) is 1. The zero-order valence-electron chi connectivity index (χ0n) is 15.7. The number of carbonyl (C=O) groups is 1. The maximum Gasteiger partial charge on any atom is 0.264 e. The number of amides is 1. The summed E-state index contributed by atoms with van der Waals surface area (Å²) >= 11 is 4.85. The van der Waals surface area contributed by atoms with Crippen molar-refractivity contribution >= 4 is 50.5 Å². The molecule has 0 spiro atoms. The maximum atomic E-state index is 12.3. The SMILES string of the molecule is COc1ccc(N=C2NC(=O)/C(=C/c3ccc(-c4ccc(C)cc4Br)o3)S2)cc1. The number of amidine groups is 1. The van der Waals surface area contributed by atoms with Crippen LogP contribution in [0.25, 0.3) is 17.4 Å². The highest BCUT2D eigenvalue weighted by Crippen LogP contribution is 2.33. The van der Waals surface area contributed by atoms with Crippen LogP contribution in [0.5, 0.6) is 5.75 Å². The van der Waals surface area contributed by atoms with Gasteiger partial charge in [0.2, 0.25) is 0 Å². The Hall–Kier alpha value is -2.77. The van der Waals surface area contributed by atoms with Crippen LogP contribution in [0, 0.1) is 6.92 Å². The second-order valence-corrected chi connectivity index (χ2v) is 8.25. The molecular weight excluding hydrogens is 452 g/mol. The van der Waals surface area contributed by atoms with E-state index in [0.717, 1.165) is 32.8 Å². The molecule has 146 valence electrons. The van der Waals surface area contributed by atoms with Gasteiger partial charge in [0.1, 0.15) is 17.3 Å². The van der Waals surface area contributed by atoms with E-state index < -0.39 is 0 Å². The summed E-state index contributed by atoms with van der Waals surface area (Å²) in [6.45, 7) is 2.04. The van der Waals surface area contributed by atoms with Gasteiger partial charge in [-0.25, -0.2) is 4.99 Å². The number of aryl methyl sites for hydroxylation is 1. The normalized spacial score (nSPS) is 16.4. The number of rotatable bonds is 4. The van der Waals surface area contributed by atoms with Crippen LogP contribution in [0.4, 0.5) is 5.69 Å². The molecule has 1 aliphatic rings. The standard InChI is InChI=1S/C22H17BrN2O3S/c1-13-3-9-17(18(23)11-13)19-10-8-16(28-19)12-20-21(26)25-22(29-20)24-14-4-6-15(27-2)7-5-14/h3-12H,1-2H3,(H,24,25,26)/b20-12-. The third-order valence-corrected chi connectivity index (χ3v) is 5.81. The molecule has 1 N–H and O–H groups in total. The first kappa shape index (κ1) is 19.5. The summed E-state index contributed by atoms with van der Waals surface area (Å²) in [7, 11) is 1.61. The van der Waals surface area contributed by atoms with Crippen molar-refractivity contribution in [3.63, 3.8) is 0 Å². The van der Waals surface area contributed by atoms with Crippen LogP contribution in [0.2, 0.25) is 0 Å². The van der Waals surface area contributed by atoms with Gasteiger partial charge in [-0.15, -0.1) is 0 Å². The third kappa shape index (κ3) is 4.46. The number of methoxy groups -OCH3 is 1. The molecule has 0 unspecified atom stereocenters. The van der Waals surface area contributed by atoms with Crippen LogP contribution in [-0.2, 0) is 4.79 Å². The molecule has 1 saturated heterocycles. The molecule has 2 aromatic carbocycles. The zero-order chi connectivity index (χ0) is 20.4. The molecule has 2 heterocycles. The van der Waals surface area contributed by atoms with Gasteiger partial charge in [-0.2, -0.15) is 0 Å². The fourth-order valence-electron chi connectivity index (χ4n) is 2.78. The average molecular weight is 469 g/mol. The highest BCUT2D eigenvalue weighted by Gasteiger charge is 2.24. The van der Waals surface area contributed by atoms with Gasteiger partial charge in [0.05, 0.1) is 17.7 Å². The van der Waals surface area contributed by atoms with Gasteiger partial charge >= 0.3 is 0 Å². The van der Waals surface area contributed by atoms with E-state index in [1.165, 1.54) is 11.8 Å². The first-order valence-electron chi connectivity index (χ1n) is 8.82. The Labute approximate surface area is 181 Å². The fourth-order valence-corrected chi connectivity index (χ4v) is 4.29. The van der Waals surface area contributed by atoms with E-state index in [2.05, 4.69) is 26.2 Å². The average Bonchev–Trinajstić information content (AvgIpc) is 3.29. The second-order valence-electron chi connectivity index (χ2n) is 6.37. The van der Waals surface area contributed by atoms with Gasteiger partial charge in [-0.3, -0.25) is 4.79 Å². The van der Waals surface area contributed by atoms with Crippen molar-refractivity contribution in [2.75, 3.05) is 7.11 Å². The topological polar surface area (TPSA) is 63.8 Å². The Bertz CT molecular complexity index is 1130. The minimum atomic E-state index is -0.197. The maximum absolute atomic E-state index is 12.3. The Morgan fingerprint density at radius 1 is 1.14 bits per heavy atom. The summed E-state index contributed by atoms with van der Waals surface area (Å²) < 4.78 is 12.0. The number of aliphatic imine (C=N–C) groups is 1. The molecule has 0 atom stereocenters. The predicted molar refractivity (Wildman–Crippen MR) is 120 cm³/mol. The summed E-state index contributed by atoms with van der Waals surface area (Å²) in [4.78, 5) is 17.3. The number of furan rings is 1. The number of nitrogens with zero attached hydrogens (tertiary/aromatic N) is 1. The number of hydrogen-bond acceptors (Lipinski definition) is 5. The van der Waals surface area contributed by atoms with Gasteiger partial charge in [-0.1, -0.05) is 22.0 Å². The van der Waals surface area contributed by atoms with E-state index in [0.29, 0.717) is 15.8 Å². The first-order chi connectivity index (χ1) is 14.0. The lowest BCUT2D eigenvalue weighted by molar-refractivity contribution is -0.115. The molecule has 1 amide bonds. The lowest BCUT2D eigenvalue weighted by atomic mass is 10.1. The van der Waals surface area contributed by atoms with Gasteiger partial charge in [0.15, 0.2) is 5.17 Å². The van der Waals surface area contributed by atoms with Crippen molar-refractivity contribution in [3.8, 4) is 17.1 Å². The molecule has 1 fully saturated rings. The number of benzene rings is 2. The number of carbonyl (C=O) groups excluding carboxylic acids is 1.